The molecule has 5 nitrogen and oxygen atoms in total. The van der Waals surface area contributed by atoms with Gasteiger partial charge in [0, 0.05) is 30.3 Å². The number of benzene rings is 2. The number of nitrogens with one attached hydrogen (secondary N) is 1. The van der Waals surface area contributed by atoms with Crippen LogP contribution in [-0.2, 0) is 14.6 Å². The van der Waals surface area contributed by atoms with E-state index in [2.05, 4.69) is 10.2 Å². The molecule has 0 unspecified atom stereocenters. The Labute approximate surface area is 163 Å². The van der Waals surface area contributed by atoms with Crippen molar-refractivity contribution in [1.82, 2.24) is 5.32 Å². The van der Waals surface area contributed by atoms with Crippen LogP contribution in [0.2, 0.25) is 5.02 Å². The van der Waals surface area contributed by atoms with Gasteiger partial charge >= 0.3 is 0 Å². The van der Waals surface area contributed by atoms with E-state index in [1.165, 1.54) is 36.4 Å². The van der Waals surface area contributed by atoms with E-state index < -0.39 is 21.5 Å². The molecule has 1 fully saturated rings. The molecule has 0 bridgehead atoms. The van der Waals surface area contributed by atoms with Gasteiger partial charge in [0.05, 0.1) is 4.90 Å². The van der Waals surface area contributed by atoms with E-state index in [0.29, 0.717) is 11.6 Å². The highest BCUT2D eigenvalue weighted by atomic mass is 35.5. The van der Waals surface area contributed by atoms with Crippen LogP contribution in [0.4, 0.5) is 10.1 Å². The molecule has 0 radical (unpaired) electrons. The maximum atomic E-state index is 13.0. The molecule has 1 atom stereocenters. The minimum Gasteiger partial charge on any atom is -0.371 e. The highest BCUT2D eigenvalue weighted by Crippen LogP contribution is 2.23. The molecule has 2 aromatic rings. The van der Waals surface area contributed by atoms with E-state index >= 15 is 0 Å². The summed E-state index contributed by atoms with van der Waals surface area (Å²) in [4.78, 5) is 14.3. The average Bonchev–Trinajstić information content (AvgIpc) is 3.10. The molecule has 0 aliphatic carbocycles. The van der Waals surface area contributed by atoms with Gasteiger partial charge in [0.15, 0.2) is 9.84 Å². The summed E-state index contributed by atoms with van der Waals surface area (Å²) in [5, 5.41) is 3.15. The second-order valence-electron chi connectivity index (χ2n) is 6.59. The van der Waals surface area contributed by atoms with Crippen LogP contribution in [-0.4, -0.2) is 39.7 Å². The largest absolute Gasteiger partial charge is 0.371 e. The number of carbonyl (C=O) groups excluding carboxylic acids is 1. The Kier molecular flexibility index (Phi) is 6.01. The van der Waals surface area contributed by atoms with Gasteiger partial charge in [-0.3, -0.25) is 4.79 Å². The molecule has 1 aliphatic rings. The van der Waals surface area contributed by atoms with Crippen LogP contribution in [0, 0.1) is 11.7 Å². The zero-order chi connectivity index (χ0) is 19.4. The zero-order valence-electron chi connectivity index (χ0n) is 14.6. The fourth-order valence-electron chi connectivity index (χ4n) is 3.09. The maximum Gasteiger partial charge on any atom is 0.235 e. The number of rotatable bonds is 6. The third-order valence-electron chi connectivity index (χ3n) is 4.56. The molecule has 3 rings (SSSR count). The second kappa shape index (κ2) is 8.27. The Bertz CT molecular complexity index is 902. The van der Waals surface area contributed by atoms with Crippen LogP contribution in [0.15, 0.2) is 53.4 Å². The first kappa shape index (κ1) is 19.6. The third kappa shape index (κ3) is 5.20. The van der Waals surface area contributed by atoms with Crippen LogP contribution < -0.4 is 10.2 Å². The van der Waals surface area contributed by atoms with Crippen LogP contribution in [0.5, 0.6) is 0 Å². The van der Waals surface area contributed by atoms with Gasteiger partial charge < -0.3 is 10.2 Å². The topological polar surface area (TPSA) is 66.5 Å². The molecular weight excluding hydrogens is 391 g/mol. The molecule has 1 saturated heterocycles. The monoisotopic (exact) mass is 410 g/mol. The average molecular weight is 411 g/mol. The molecule has 2 aromatic carbocycles. The summed E-state index contributed by atoms with van der Waals surface area (Å²) in [5.41, 5.74) is 0.940. The summed E-state index contributed by atoms with van der Waals surface area (Å²) in [6.45, 7) is 1.96. The smallest absolute Gasteiger partial charge is 0.235 e. The number of nitrogens with zero attached hydrogens (tertiary/aromatic N) is 1. The second-order valence-corrected chi connectivity index (χ2v) is 9.02. The summed E-state index contributed by atoms with van der Waals surface area (Å²) in [6, 6.07) is 12.1. The normalized spacial score (nSPS) is 17.1. The molecule has 0 saturated carbocycles. The van der Waals surface area contributed by atoms with Crippen LogP contribution in [0.1, 0.15) is 6.42 Å². The number of halogens is 2. The van der Waals surface area contributed by atoms with Gasteiger partial charge in [0.2, 0.25) is 5.91 Å². The molecule has 1 amide bonds. The van der Waals surface area contributed by atoms with E-state index in [-0.39, 0.29) is 16.6 Å². The molecular formula is C19H20ClFN2O3S. The van der Waals surface area contributed by atoms with Crippen LogP contribution >= 0.6 is 11.6 Å². The van der Waals surface area contributed by atoms with Crippen molar-refractivity contribution in [2.75, 3.05) is 30.3 Å². The summed E-state index contributed by atoms with van der Waals surface area (Å²) in [5.74, 6) is -1.17. The highest BCUT2D eigenvalue weighted by molar-refractivity contribution is 7.92. The van der Waals surface area contributed by atoms with Crippen molar-refractivity contribution in [1.29, 1.82) is 0 Å². The lowest BCUT2D eigenvalue weighted by molar-refractivity contribution is -0.118. The Morgan fingerprint density at radius 1 is 1.15 bits per heavy atom. The van der Waals surface area contributed by atoms with Crippen molar-refractivity contribution in [2.24, 2.45) is 5.92 Å². The summed E-state index contributed by atoms with van der Waals surface area (Å²) in [6.07, 6.45) is 0.877. The number of carbonyl (C=O) groups is 1. The standard InChI is InChI=1S/C19H20ClFN2O3S/c20-15-1-7-18(8-2-15)27(25,26)13-19(24)22-11-14-9-10-23(12-14)17-5-3-16(21)4-6-17/h1-8,14H,9-13H2,(H,22,24)/t14-/m1/s1. The summed E-state index contributed by atoms with van der Waals surface area (Å²) < 4.78 is 37.6. The van der Waals surface area contributed by atoms with Gasteiger partial charge in [0.25, 0.3) is 0 Å². The van der Waals surface area contributed by atoms with Gasteiger partial charge in [-0.05, 0) is 60.9 Å². The van der Waals surface area contributed by atoms with Crippen molar-refractivity contribution in [3.63, 3.8) is 0 Å². The van der Waals surface area contributed by atoms with E-state index in [1.54, 1.807) is 12.1 Å². The molecule has 0 spiro atoms. The number of anilines is 1. The Balaban J connectivity index is 1.49. The first-order valence-corrected chi connectivity index (χ1v) is 10.6. The fourth-order valence-corrected chi connectivity index (χ4v) is 4.38. The number of hydrogen-bond donors (Lipinski definition) is 1. The lowest BCUT2D eigenvalue weighted by Gasteiger charge is -2.18. The lowest BCUT2D eigenvalue weighted by atomic mass is 10.1. The van der Waals surface area contributed by atoms with Crippen molar-refractivity contribution in [3.8, 4) is 0 Å². The minimum atomic E-state index is -3.70. The molecule has 144 valence electrons. The van der Waals surface area contributed by atoms with E-state index in [4.69, 9.17) is 11.6 Å². The number of sulfone groups is 1. The fraction of sp³-hybridized carbons (Fsp3) is 0.316. The Morgan fingerprint density at radius 3 is 2.48 bits per heavy atom. The van der Waals surface area contributed by atoms with Gasteiger partial charge in [0.1, 0.15) is 11.6 Å². The molecule has 1 N–H and O–H groups in total. The predicted molar refractivity (Wildman–Crippen MR) is 103 cm³/mol. The van der Waals surface area contributed by atoms with Crippen molar-refractivity contribution in [3.05, 3.63) is 59.4 Å². The quantitative estimate of drug-likeness (QED) is 0.795. The molecule has 0 aromatic heterocycles. The van der Waals surface area contributed by atoms with Crippen molar-refractivity contribution >= 4 is 33.0 Å². The third-order valence-corrected chi connectivity index (χ3v) is 6.44. The van der Waals surface area contributed by atoms with Crippen molar-refractivity contribution < 1.29 is 17.6 Å². The number of hydrogen-bond acceptors (Lipinski definition) is 4. The van der Waals surface area contributed by atoms with Gasteiger partial charge in [-0.25, -0.2) is 12.8 Å². The SMILES string of the molecule is O=C(CS(=O)(=O)c1ccc(Cl)cc1)NC[C@H]1CCN(c2ccc(F)cc2)C1. The van der Waals surface area contributed by atoms with E-state index in [9.17, 15) is 17.6 Å². The summed E-state index contributed by atoms with van der Waals surface area (Å²) >= 11 is 5.76. The first-order valence-electron chi connectivity index (χ1n) is 8.59. The van der Waals surface area contributed by atoms with Crippen LogP contribution in [0.3, 0.4) is 0 Å². The van der Waals surface area contributed by atoms with Gasteiger partial charge in [-0.2, -0.15) is 0 Å². The molecule has 8 heteroatoms. The minimum absolute atomic E-state index is 0.0744. The summed E-state index contributed by atoms with van der Waals surface area (Å²) in [7, 11) is -3.70. The van der Waals surface area contributed by atoms with E-state index in [1.807, 2.05) is 0 Å². The maximum absolute atomic E-state index is 13.0. The zero-order valence-corrected chi connectivity index (χ0v) is 16.1. The Hall–Kier alpha value is -2.12. The highest BCUT2D eigenvalue weighted by Gasteiger charge is 2.24. The lowest BCUT2D eigenvalue weighted by Crippen LogP contribution is -2.35. The molecule has 27 heavy (non-hydrogen) atoms. The van der Waals surface area contributed by atoms with E-state index in [0.717, 1.165) is 25.2 Å². The van der Waals surface area contributed by atoms with Crippen molar-refractivity contribution in [2.45, 2.75) is 11.3 Å². The first-order chi connectivity index (χ1) is 12.8. The molecule has 1 aliphatic heterocycles. The van der Waals surface area contributed by atoms with Gasteiger partial charge in [-0.1, -0.05) is 11.6 Å². The van der Waals surface area contributed by atoms with Crippen LogP contribution in [0.25, 0.3) is 0 Å². The van der Waals surface area contributed by atoms with Gasteiger partial charge in [-0.15, -0.1) is 0 Å². The Morgan fingerprint density at radius 2 is 1.81 bits per heavy atom. The molecule has 1 heterocycles. The number of amides is 1. The predicted octanol–water partition coefficient (Wildman–Crippen LogP) is 2.90.